The first-order valence-corrected chi connectivity index (χ1v) is 10.3. The summed E-state index contributed by atoms with van der Waals surface area (Å²) in [6.45, 7) is -0.190. The molecule has 0 fully saturated rings. The first-order chi connectivity index (χ1) is 14.9. The van der Waals surface area contributed by atoms with E-state index < -0.39 is 5.91 Å². The lowest BCUT2D eigenvalue weighted by atomic mass is 10.1. The molecule has 0 spiro atoms. The molecule has 0 unspecified atom stereocenters. The molecule has 9 heteroatoms. The van der Waals surface area contributed by atoms with Crippen LogP contribution < -0.4 is 21.9 Å². The Labute approximate surface area is 181 Å². The molecular formula is C22H19N5O3S. The van der Waals surface area contributed by atoms with Crippen LogP contribution in [0.25, 0.3) is 22.0 Å². The molecule has 2 aromatic carbocycles. The highest BCUT2D eigenvalue weighted by atomic mass is 32.1. The van der Waals surface area contributed by atoms with Gasteiger partial charge in [0.1, 0.15) is 0 Å². The third-order valence-corrected chi connectivity index (χ3v) is 5.47. The van der Waals surface area contributed by atoms with Gasteiger partial charge in [-0.3, -0.25) is 14.4 Å². The van der Waals surface area contributed by atoms with Crippen LogP contribution in [0.3, 0.4) is 0 Å². The summed E-state index contributed by atoms with van der Waals surface area (Å²) in [6, 6.07) is 13.9. The molecule has 156 valence electrons. The van der Waals surface area contributed by atoms with Crippen molar-refractivity contribution < 1.29 is 9.59 Å². The van der Waals surface area contributed by atoms with E-state index in [4.69, 9.17) is 5.73 Å². The minimum atomic E-state index is -0.392. The first kappa shape index (κ1) is 20.3. The lowest BCUT2D eigenvalue weighted by Crippen LogP contribution is -2.32. The van der Waals surface area contributed by atoms with E-state index in [0.29, 0.717) is 27.5 Å². The molecule has 31 heavy (non-hydrogen) atoms. The smallest absolute Gasteiger partial charge is 0.258 e. The molecule has 2 heterocycles. The number of nitrogens with one attached hydrogen (secondary N) is 2. The van der Waals surface area contributed by atoms with Crippen LogP contribution in [0.2, 0.25) is 0 Å². The van der Waals surface area contributed by atoms with Crippen molar-refractivity contribution in [3.05, 3.63) is 76.0 Å². The number of fused-ring (bicyclic) bond motifs is 1. The summed E-state index contributed by atoms with van der Waals surface area (Å²) >= 11 is 1.26. The van der Waals surface area contributed by atoms with E-state index in [0.717, 1.165) is 10.9 Å². The summed E-state index contributed by atoms with van der Waals surface area (Å²) in [4.78, 5) is 41.1. The third kappa shape index (κ3) is 4.46. The van der Waals surface area contributed by atoms with E-state index in [2.05, 4.69) is 15.6 Å². The van der Waals surface area contributed by atoms with Crippen LogP contribution in [0.5, 0.6) is 0 Å². The Kier molecular flexibility index (Phi) is 5.50. The number of thiazole rings is 1. The fourth-order valence-corrected chi connectivity index (χ4v) is 3.76. The minimum absolute atomic E-state index is 0.0834. The van der Waals surface area contributed by atoms with E-state index in [9.17, 15) is 14.4 Å². The number of nitrogens with two attached hydrogens (primary N) is 1. The van der Waals surface area contributed by atoms with Crippen molar-refractivity contribution in [2.45, 2.75) is 0 Å². The van der Waals surface area contributed by atoms with Crippen LogP contribution in [0.4, 0.5) is 10.8 Å². The number of aryl methyl sites for hydroxylation is 1. The van der Waals surface area contributed by atoms with Gasteiger partial charge in [0.25, 0.3) is 11.5 Å². The fraction of sp³-hybridized carbons (Fsp3) is 0.0909. The molecule has 0 saturated carbocycles. The summed E-state index contributed by atoms with van der Waals surface area (Å²) < 4.78 is 1.53. The predicted molar refractivity (Wildman–Crippen MR) is 122 cm³/mol. The maximum Gasteiger partial charge on any atom is 0.258 e. The molecule has 8 nitrogen and oxygen atoms in total. The standard InChI is InChI=1S/C22H19N5O3S/c1-27-9-8-13-2-3-15(10-17(13)21(27)30)18-12-31-22(25-18)26-19(28)11-24-20(29)14-4-6-16(23)7-5-14/h2-10,12H,11,23H2,1H3,(H,24,29)(H,25,26,28). The minimum Gasteiger partial charge on any atom is -0.399 e. The number of hydrogen-bond donors (Lipinski definition) is 3. The van der Waals surface area contributed by atoms with E-state index >= 15 is 0 Å². The second kappa shape index (κ2) is 8.41. The van der Waals surface area contributed by atoms with Gasteiger partial charge in [-0.05, 0) is 41.8 Å². The molecular weight excluding hydrogens is 414 g/mol. The molecule has 0 bridgehead atoms. The van der Waals surface area contributed by atoms with Crippen molar-refractivity contribution in [3.8, 4) is 11.3 Å². The number of aromatic nitrogens is 2. The second-order valence-electron chi connectivity index (χ2n) is 6.92. The summed E-state index contributed by atoms with van der Waals surface area (Å²) in [7, 11) is 1.71. The highest BCUT2D eigenvalue weighted by molar-refractivity contribution is 7.14. The van der Waals surface area contributed by atoms with Gasteiger partial charge in [-0.25, -0.2) is 4.98 Å². The van der Waals surface area contributed by atoms with Crippen molar-refractivity contribution >= 4 is 44.7 Å². The summed E-state index contributed by atoms with van der Waals surface area (Å²) in [6.07, 6.45) is 1.73. The fourth-order valence-electron chi connectivity index (χ4n) is 3.02. The van der Waals surface area contributed by atoms with Gasteiger partial charge in [-0.2, -0.15) is 0 Å². The van der Waals surface area contributed by atoms with Crippen molar-refractivity contribution in [1.29, 1.82) is 0 Å². The van der Waals surface area contributed by atoms with E-state index in [-0.39, 0.29) is 18.0 Å². The molecule has 4 rings (SSSR count). The summed E-state index contributed by atoms with van der Waals surface area (Å²) in [5.74, 6) is -0.759. The number of nitrogens with zero attached hydrogens (tertiary/aromatic N) is 2. The number of anilines is 2. The maximum atomic E-state index is 12.4. The van der Waals surface area contributed by atoms with Crippen molar-refractivity contribution in [2.24, 2.45) is 7.05 Å². The number of benzene rings is 2. The van der Waals surface area contributed by atoms with Crippen molar-refractivity contribution in [3.63, 3.8) is 0 Å². The second-order valence-corrected chi connectivity index (χ2v) is 7.78. The molecule has 4 N–H and O–H groups in total. The number of hydrogen-bond acceptors (Lipinski definition) is 6. The lowest BCUT2D eigenvalue weighted by molar-refractivity contribution is -0.115. The number of pyridine rings is 1. The first-order valence-electron chi connectivity index (χ1n) is 9.39. The number of carbonyl (C=O) groups is 2. The topological polar surface area (TPSA) is 119 Å². The molecule has 0 aliphatic heterocycles. The van der Waals surface area contributed by atoms with E-state index in [1.165, 1.54) is 15.9 Å². The van der Waals surface area contributed by atoms with Gasteiger partial charge in [0.2, 0.25) is 5.91 Å². The Morgan fingerprint density at radius 2 is 1.90 bits per heavy atom. The van der Waals surface area contributed by atoms with E-state index in [1.54, 1.807) is 49.0 Å². The Morgan fingerprint density at radius 1 is 1.13 bits per heavy atom. The van der Waals surface area contributed by atoms with Crippen LogP contribution in [0.15, 0.2) is 64.9 Å². The highest BCUT2D eigenvalue weighted by Crippen LogP contribution is 2.26. The molecule has 2 amide bonds. The molecule has 0 aliphatic carbocycles. The zero-order chi connectivity index (χ0) is 22.0. The van der Waals surface area contributed by atoms with Crippen molar-refractivity contribution in [2.75, 3.05) is 17.6 Å². The van der Waals surface area contributed by atoms with Crippen LogP contribution in [-0.4, -0.2) is 27.9 Å². The third-order valence-electron chi connectivity index (χ3n) is 4.71. The summed E-state index contributed by atoms with van der Waals surface area (Å²) in [5.41, 5.74) is 7.93. The van der Waals surface area contributed by atoms with Gasteiger partial charge in [0, 0.05) is 40.8 Å². The van der Waals surface area contributed by atoms with Crippen LogP contribution in [-0.2, 0) is 11.8 Å². The summed E-state index contributed by atoms with van der Waals surface area (Å²) in [5, 5.41) is 8.90. The van der Waals surface area contributed by atoms with Gasteiger partial charge < -0.3 is 20.9 Å². The highest BCUT2D eigenvalue weighted by Gasteiger charge is 2.12. The van der Waals surface area contributed by atoms with Crippen LogP contribution in [0, 0.1) is 0 Å². The Balaban J connectivity index is 1.42. The quantitative estimate of drug-likeness (QED) is 0.418. The predicted octanol–water partition coefficient (Wildman–Crippen LogP) is 2.61. The average molecular weight is 433 g/mol. The number of rotatable bonds is 5. The number of amides is 2. The van der Waals surface area contributed by atoms with Gasteiger partial charge in [-0.15, -0.1) is 11.3 Å². The molecule has 0 radical (unpaired) electrons. The van der Waals surface area contributed by atoms with E-state index in [1.807, 2.05) is 18.2 Å². The SMILES string of the molecule is Cn1ccc2ccc(-c3csc(NC(=O)CNC(=O)c4ccc(N)cc4)n3)cc2c1=O. The molecule has 0 aliphatic rings. The normalized spacial score (nSPS) is 10.7. The van der Waals surface area contributed by atoms with Gasteiger partial charge >= 0.3 is 0 Å². The zero-order valence-corrected chi connectivity index (χ0v) is 17.4. The lowest BCUT2D eigenvalue weighted by Gasteiger charge is -2.05. The zero-order valence-electron chi connectivity index (χ0n) is 16.6. The number of nitrogen functional groups attached to an aromatic ring is 1. The maximum absolute atomic E-state index is 12.4. The average Bonchev–Trinajstić information content (AvgIpc) is 3.23. The Bertz CT molecular complexity index is 1340. The van der Waals surface area contributed by atoms with Gasteiger partial charge in [0.05, 0.1) is 12.2 Å². The molecule has 2 aromatic heterocycles. The van der Waals surface area contributed by atoms with Gasteiger partial charge in [0.15, 0.2) is 5.13 Å². The largest absolute Gasteiger partial charge is 0.399 e. The Morgan fingerprint density at radius 3 is 2.68 bits per heavy atom. The van der Waals surface area contributed by atoms with Gasteiger partial charge in [-0.1, -0.05) is 12.1 Å². The Hall–Kier alpha value is -3.98. The van der Waals surface area contributed by atoms with Crippen molar-refractivity contribution in [1.82, 2.24) is 14.9 Å². The number of carbonyl (C=O) groups excluding carboxylic acids is 2. The molecule has 0 saturated heterocycles. The van der Waals surface area contributed by atoms with Crippen LogP contribution >= 0.6 is 11.3 Å². The molecule has 0 atom stereocenters. The monoisotopic (exact) mass is 433 g/mol. The molecule has 4 aromatic rings. The van der Waals surface area contributed by atoms with Crippen LogP contribution in [0.1, 0.15) is 10.4 Å².